The second-order valence-electron chi connectivity index (χ2n) is 7.35. The van der Waals surface area contributed by atoms with Crippen LogP contribution in [-0.2, 0) is 6.54 Å². The van der Waals surface area contributed by atoms with Crippen LogP contribution < -0.4 is 0 Å². The fraction of sp³-hybridized carbons (Fsp3) is 0.381. The Morgan fingerprint density at radius 2 is 1.74 bits per heavy atom. The van der Waals surface area contributed by atoms with Gasteiger partial charge in [0, 0.05) is 0 Å². The summed E-state index contributed by atoms with van der Waals surface area (Å²) in [7, 11) is 0. The van der Waals surface area contributed by atoms with Crippen molar-refractivity contribution in [2.75, 3.05) is 13.1 Å². The maximum Gasteiger partial charge on any atom is 0.173 e. The van der Waals surface area contributed by atoms with E-state index < -0.39 is 0 Å². The van der Waals surface area contributed by atoms with Crippen LogP contribution in [0, 0.1) is 11.7 Å². The molecule has 0 N–H and O–H groups in total. The first kappa shape index (κ1) is 17.8. The first-order valence-electron chi connectivity index (χ1n) is 9.50. The van der Waals surface area contributed by atoms with Crippen molar-refractivity contribution < 1.29 is 4.39 Å². The molecule has 0 spiro atoms. The van der Waals surface area contributed by atoms with Crippen molar-refractivity contribution in [2.45, 2.75) is 32.4 Å². The largest absolute Gasteiger partial charge is 0.290 e. The molecule has 6 heteroatoms. The second kappa shape index (κ2) is 7.96. The fourth-order valence-corrected chi connectivity index (χ4v) is 3.73. The Morgan fingerprint density at radius 1 is 1.04 bits per heavy atom. The van der Waals surface area contributed by atoms with Crippen molar-refractivity contribution in [1.29, 1.82) is 0 Å². The molecule has 0 amide bonds. The summed E-state index contributed by atoms with van der Waals surface area (Å²) < 4.78 is 15.1. The molecule has 1 fully saturated rings. The van der Waals surface area contributed by atoms with Gasteiger partial charge in [-0.05, 0) is 65.5 Å². The van der Waals surface area contributed by atoms with E-state index in [-0.39, 0.29) is 11.9 Å². The summed E-state index contributed by atoms with van der Waals surface area (Å²) in [6, 6.07) is 16.9. The Kier molecular flexibility index (Phi) is 5.25. The van der Waals surface area contributed by atoms with Crippen molar-refractivity contribution in [3.63, 3.8) is 0 Å². The van der Waals surface area contributed by atoms with Gasteiger partial charge in [0.2, 0.25) is 0 Å². The SMILES string of the molecule is CC1CCN([C@H](c2ccccc2)c2nnnn2Cc2ccc(F)cc2)CC1. The van der Waals surface area contributed by atoms with E-state index in [1.54, 1.807) is 12.1 Å². The van der Waals surface area contributed by atoms with Gasteiger partial charge in [0.05, 0.1) is 12.6 Å². The lowest BCUT2D eigenvalue weighted by Crippen LogP contribution is -2.38. The van der Waals surface area contributed by atoms with E-state index in [9.17, 15) is 4.39 Å². The Hall–Kier alpha value is -2.60. The average molecular weight is 365 g/mol. The molecule has 1 aliphatic rings. The molecule has 1 aliphatic heterocycles. The maximum atomic E-state index is 13.2. The van der Waals surface area contributed by atoms with Gasteiger partial charge in [-0.3, -0.25) is 4.90 Å². The third-order valence-corrected chi connectivity index (χ3v) is 5.35. The lowest BCUT2D eigenvalue weighted by atomic mass is 9.95. The van der Waals surface area contributed by atoms with Gasteiger partial charge in [-0.2, -0.15) is 0 Å². The molecule has 2 aromatic carbocycles. The summed E-state index contributed by atoms with van der Waals surface area (Å²) in [5.41, 5.74) is 2.17. The molecule has 1 saturated heterocycles. The van der Waals surface area contributed by atoms with Gasteiger partial charge in [0.15, 0.2) is 5.82 Å². The molecule has 0 radical (unpaired) electrons. The van der Waals surface area contributed by atoms with Crippen molar-refractivity contribution in [2.24, 2.45) is 5.92 Å². The molecule has 1 atom stereocenters. The molecule has 4 rings (SSSR count). The summed E-state index contributed by atoms with van der Waals surface area (Å²) >= 11 is 0. The van der Waals surface area contributed by atoms with E-state index in [1.807, 2.05) is 10.7 Å². The first-order chi connectivity index (χ1) is 13.2. The third-order valence-electron chi connectivity index (χ3n) is 5.35. The molecule has 2 heterocycles. The standard InChI is InChI=1S/C21H24FN5/c1-16-11-13-26(14-12-16)20(18-5-3-2-4-6-18)21-23-24-25-27(21)15-17-7-9-19(22)10-8-17/h2-10,16,20H,11-15H2,1H3/t20-/m1/s1. The molecule has 0 bridgehead atoms. The fourth-order valence-electron chi connectivity index (χ4n) is 3.73. The van der Waals surface area contributed by atoms with E-state index in [1.165, 1.54) is 30.5 Å². The molecule has 1 aromatic heterocycles. The molecular formula is C21H24FN5. The topological polar surface area (TPSA) is 46.8 Å². The minimum atomic E-state index is -0.236. The van der Waals surface area contributed by atoms with Gasteiger partial charge in [0.1, 0.15) is 5.82 Å². The van der Waals surface area contributed by atoms with Crippen LogP contribution in [-0.4, -0.2) is 38.2 Å². The minimum Gasteiger partial charge on any atom is -0.290 e. The van der Waals surface area contributed by atoms with Crippen LogP contribution in [0.4, 0.5) is 4.39 Å². The number of aromatic nitrogens is 4. The van der Waals surface area contributed by atoms with Gasteiger partial charge in [-0.1, -0.05) is 49.4 Å². The van der Waals surface area contributed by atoms with Gasteiger partial charge in [-0.25, -0.2) is 9.07 Å². The molecule has 140 valence electrons. The number of likely N-dealkylation sites (tertiary alicyclic amines) is 1. The molecule has 5 nitrogen and oxygen atoms in total. The Labute approximate surface area is 158 Å². The number of halogens is 1. The quantitative estimate of drug-likeness (QED) is 0.692. The highest BCUT2D eigenvalue weighted by Crippen LogP contribution is 2.31. The zero-order valence-electron chi connectivity index (χ0n) is 15.5. The van der Waals surface area contributed by atoms with Gasteiger partial charge in [0.25, 0.3) is 0 Å². The number of hydrogen-bond donors (Lipinski definition) is 0. The summed E-state index contributed by atoms with van der Waals surface area (Å²) in [5, 5.41) is 12.6. The molecule has 0 aliphatic carbocycles. The molecule has 0 unspecified atom stereocenters. The van der Waals surface area contributed by atoms with Gasteiger partial charge < -0.3 is 0 Å². The van der Waals surface area contributed by atoms with Crippen LogP contribution >= 0.6 is 0 Å². The van der Waals surface area contributed by atoms with Crippen molar-refractivity contribution >= 4 is 0 Å². The highest BCUT2D eigenvalue weighted by atomic mass is 19.1. The summed E-state index contributed by atoms with van der Waals surface area (Å²) in [6.45, 7) is 4.90. The number of piperidine rings is 1. The van der Waals surface area contributed by atoms with Crippen molar-refractivity contribution in [1.82, 2.24) is 25.1 Å². The smallest absolute Gasteiger partial charge is 0.173 e. The molecule has 0 saturated carbocycles. The van der Waals surface area contributed by atoms with Crippen LogP contribution in [0.2, 0.25) is 0 Å². The van der Waals surface area contributed by atoms with E-state index in [0.29, 0.717) is 6.54 Å². The van der Waals surface area contributed by atoms with Crippen LogP contribution in [0.25, 0.3) is 0 Å². The van der Waals surface area contributed by atoms with Crippen LogP contribution in [0.1, 0.15) is 42.8 Å². The Bertz CT molecular complexity index is 854. The summed E-state index contributed by atoms with van der Waals surface area (Å²) in [6.07, 6.45) is 2.37. The maximum absolute atomic E-state index is 13.2. The molecular weight excluding hydrogens is 341 g/mol. The average Bonchev–Trinajstić information content (AvgIpc) is 3.14. The number of hydrogen-bond acceptors (Lipinski definition) is 4. The Balaban J connectivity index is 1.66. The molecule has 27 heavy (non-hydrogen) atoms. The van der Waals surface area contributed by atoms with Crippen molar-refractivity contribution in [3.05, 3.63) is 77.4 Å². The van der Waals surface area contributed by atoms with Crippen LogP contribution in [0.15, 0.2) is 54.6 Å². The highest BCUT2D eigenvalue weighted by Gasteiger charge is 2.30. The van der Waals surface area contributed by atoms with E-state index in [0.717, 1.165) is 30.4 Å². The number of nitrogens with zero attached hydrogens (tertiary/aromatic N) is 5. The lowest BCUT2D eigenvalue weighted by Gasteiger charge is -2.36. The van der Waals surface area contributed by atoms with E-state index >= 15 is 0 Å². The van der Waals surface area contributed by atoms with Crippen LogP contribution in [0.5, 0.6) is 0 Å². The number of benzene rings is 2. The summed E-state index contributed by atoms with van der Waals surface area (Å²) in [5.74, 6) is 1.35. The first-order valence-corrected chi connectivity index (χ1v) is 9.50. The number of rotatable bonds is 5. The lowest BCUT2D eigenvalue weighted by molar-refractivity contribution is 0.150. The Morgan fingerprint density at radius 3 is 2.44 bits per heavy atom. The second-order valence-corrected chi connectivity index (χ2v) is 7.35. The van der Waals surface area contributed by atoms with E-state index in [2.05, 4.69) is 51.6 Å². The summed E-state index contributed by atoms with van der Waals surface area (Å²) in [4.78, 5) is 2.47. The monoisotopic (exact) mass is 365 g/mol. The zero-order valence-corrected chi connectivity index (χ0v) is 15.5. The predicted octanol–water partition coefficient (Wildman–Crippen LogP) is 3.68. The molecule has 3 aromatic rings. The zero-order chi connectivity index (χ0) is 18.6. The number of tetrazole rings is 1. The van der Waals surface area contributed by atoms with Crippen molar-refractivity contribution in [3.8, 4) is 0 Å². The van der Waals surface area contributed by atoms with Crippen LogP contribution in [0.3, 0.4) is 0 Å². The van der Waals surface area contributed by atoms with Gasteiger partial charge >= 0.3 is 0 Å². The van der Waals surface area contributed by atoms with Gasteiger partial charge in [-0.15, -0.1) is 5.10 Å². The minimum absolute atomic E-state index is 0.0224. The predicted molar refractivity (Wildman–Crippen MR) is 102 cm³/mol. The highest BCUT2D eigenvalue weighted by molar-refractivity contribution is 5.25. The van der Waals surface area contributed by atoms with E-state index in [4.69, 9.17) is 0 Å². The normalized spacial score (nSPS) is 17.1. The third kappa shape index (κ3) is 4.06.